The zero-order valence-corrected chi connectivity index (χ0v) is 16.7. The van der Waals surface area contributed by atoms with Crippen molar-refractivity contribution >= 4 is 23.2 Å². The normalized spacial score (nSPS) is 18.9. The minimum atomic E-state index is -0.0671. The van der Waals surface area contributed by atoms with Crippen LogP contribution in [0.3, 0.4) is 0 Å². The van der Waals surface area contributed by atoms with Gasteiger partial charge in [-0.2, -0.15) is 0 Å². The molecule has 7 nitrogen and oxygen atoms in total. The number of hydrogen-bond acceptors (Lipinski definition) is 6. The molecular weight excluding hydrogens is 374 g/mol. The monoisotopic (exact) mass is 399 g/mol. The summed E-state index contributed by atoms with van der Waals surface area (Å²) < 4.78 is 0. The molecule has 0 unspecified atom stereocenters. The second-order valence-electron chi connectivity index (χ2n) is 7.23. The highest BCUT2D eigenvalue weighted by Gasteiger charge is 2.25. The maximum absolute atomic E-state index is 12.4. The van der Waals surface area contributed by atoms with Gasteiger partial charge in [0, 0.05) is 56.8 Å². The number of carbonyl (C=O) groups excluding carboxylic acids is 2. The molecule has 1 aromatic carbocycles. The van der Waals surface area contributed by atoms with Crippen LogP contribution < -0.4 is 5.32 Å². The summed E-state index contributed by atoms with van der Waals surface area (Å²) in [5.74, 6) is -0.0159. The number of nitrogens with zero attached hydrogens (tertiary/aromatic N) is 4. The standard InChI is InChI=1S/C20H25N5O2S/c26-18-13-25(7-6-21-18)19(27)14-24-10-8-23(9-11-24)12-17-15-28-20(22-17)16-4-2-1-3-5-16/h1-5,15H,6-14H2,(H,21,26). The number of hydrogen-bond donors (Lipinski definition) is 1. The van der Waals surface area contributed by atoms with Crippen molar-refractivity contribution in [1.82, 2.24) is 25.0 Å². The summed E-state index contributed by atoms with van der Waals surface area (Å²) in [7, 11) is 0. The van der Waals surface area contributed by atoms with Crippen LogP contribution in [0.5, 0.6) is 0 Å². The molecule has 3 heterocycles. The van der Waals surface area contributed by atoms with Crippen LogP contribution in [0.15, 0.2) is 35.7 Å². The van der Waals surface area contributed by atoms with E-state index in [0.29, 0.717) is 19.6 Å². The second-order valence-corrected chi connectivity index (χ2v) is 8.09. The number of amides is 2. The maximum atomic E-state index is 12.4. The molecular formula is C20H25N5O2S. The van der Waals surface area contributed by atoms with Gasteiger partial charge in [-0.3, -0.25) is 19.4 Å². The lowest BCUT2D eigenvalue weighted by molar-refractivity contribution is -0.139. The Kier molecular flexibility index (Phi) is 5.99. The molecule has 2 aliphatic rings. The van der Waals surface area contributed by atoms with Crippen molar-refractivity contribution in [2.75, 3.05) is 52.4 Å². The summed E-state index contributed by atoms with van der Waals surface area (Å²) in [4.78, 5) is 34.9. The van der Waals surface area contributed by atoms with Crippen LogP contribution in [0.1, 0.15) is 5.69 Å². The number of carbonyl (C=O) groups is 2. The minimum absolute atomic E-state index is 0.0512. The Balaban J connectivity index is 1.24. The molecule has 1 aromatic heterocycles. The average Bonchev–Trinajstić information content (AvgIpc) is 3.19. The van der Waals surface area contributed by atoms with Crippen molar-refractivity contribution < 1.29 is 9.59 Å². The number of aromatic nitrogens is 1. The van der Waals surface area contributed by atoms with Crippen molar-refractivity contribution in [3.05, 3.63) is 41.4 Å². The number of nitrogens with one attached hydrogen (secondary N) is 1. The van der Waals surface area contributed by atoms with Gasteiger partial charge in [0.15, 0.2) is 0 Å². The Bertz CT molecular complexity index is 817. The van der Waals surface area contributed by atoms with Crippen LogP contribution in [0.25, 0.3) is 10.6 Å². The molecule has 0 saturated carbocycles. The van der Waals surface area contributed by atoms with Crippen LogP contribution in [-0.2, 0) is 16.1 Å². The van der Waals surface area contributed by atoms with Crippen molar-refractivity contribution in [2.24, 2.45) is 0 Å². The van der Waals surface area contributed by atoms with Crippen molar-refractivity contribution in [3.8, 4) is 10.6 Å². The first-order valence-corrected chi connectivity index (χ1v) is 10.5. The van der Waals surface area contributed by atoms with Gasteiger partial charge in [0.1, 0.15) is 5.01 Å². The fraction of sp³-hybridized carbons (Fsp3) is 0.450. The number of thiazole rings is 1. The Morgan fingerprint density at radius 1 is 1.07 bits per heavy atom. The lowest BCUT2D eigenvalue weighted by atomic mass is 10.2. The van der Waals surface area contributed by atoms with Crippen LogP contribution in [0, 0.1) is 0 Å². The fourth-order valence-electron chi connectivity index (χ4n) is 3.57. The van der Waals surface area contributed by atoms with E-state index in [0.717, 1.165) is 49.0 Å². The third-order valence-electron chi connectivity index (χ3n) is 5.17. The van der Waals surface area contributed by atoms with Crippen molar-refractivity contribution in [3.63, 3.8) is 0 Å². The SMILES string of the molecule is O=C1CN(C(=O)CN2CCN(Cc3csc(-c4ccccc4)n3)CC2)CCN1. The molecule has 2 fully saturated rings. The highest BCUT2D eigenvalue weighted by atomic mass is 32.1. The van der Waals surface area contributed by atoms with Gasteiger partial charge in [-0.15, -0.1) is 11.3 Å². The topological polar surface area (TPSA) is 68.8 Å². The molecule has 0 radical (unpaired) electrons. The number of benzene rings is 1. The average molecular weight is 400 g/mol. The zero-order valence-electron chi connectivity index (χ0n) is 15.8. The summed E-state index contributed by atoms with van der Waals surface area (Å²) in [6, 6.07) is 10.3. The van der Waals surface area contributed by atoms with Gasteiger partial charge in [-0.1, -0.05) is 30.3 Å². The van der Waals surface area contributed by atoms with Gasteiger partial charge in [0.2, 0.25) is 11.8 Å². The molecule has 2 saturated heterocycles. The first-order valence-electron chi connectivity index (χ1n) is 9.66. The molecule has 0 aliphatic carbocycles. The Labute approximate surface area is 169 Å². The molecule has 2 amide bonds. The molecule has 2 aliphatic heterocycles. The lowest BCUT2D eigenvalue weighted by Crippen LogP contribution is -2.54. The molecule has 8 heteroatoms. The van der Waals surface area contributed by atoms with Crippen molar-refractivity contribution in [2.45, 2.75) is 6.54 Å². The molecule has 1 N–H and O–H groups in total. The summed E-state index contributed by atoms with van der Waals surface area (Å²) in [6.45, 7) is 6.16. The van der Waals surface area contributed by atoms with Crippen LogP contribution in [0.4, 0.5) is 0 Å². The molecule has 0 atom stereocenters. The van der Waals surface area contributed by atoms with Gasteiger partial charge < -0.3 is 10.2 Å². The van der Waals surface area contributed by atoms with E-state index in [1.54, 1.807) is 16.2 Å². The van der Waals surface area contributed by atoms with Crippen LogP contribution >= 0.6 is 11.3 Å². The van der Waals surface area contributed by atoms with Gasteiger partial charge in [-0.05, 0) is 0 Å². The van der Waals surface area contributed by atoms with Gasteiger partial charge in [0.05, 0.1) is 18.8 Å². The van der Waals surface area contributed by atoms with Gasteiger partial charge >= 0.3 is 0 Å². The first kappa shape index (κ1) is 19.0. The summed E-state index contributed by atoms with van der Waals surface area (Å²) >= 11 is 1.69. The van der Waals surface area contributed by atoms with E-state index in [-0.39, 0.29) is 18.4 Å². The highest BCUT2D eigenvalue weighted by Crippen LogP contribution is 2.24. The van der Waals surface area contributed by atoms with E-state index < -0.39 is 0 Å². The van der Waals surface area contributed by atoms with E-state index in [1.165, 1.54) is 0 Å². The summed E-state index contributed by atoms with van der Waals surface area (Å²) in [5.41, 5.74) is 2.26. The van der Waals surface area contributed by atoms with Crippen molar-refractivity contribution in [1.29, 1.82) is 0 Å². The van der Waals surface area contributed by atoms with Crippen LogP contribution in [0.2, 0.25) is 0 Å². The zero-order chi connectivity index (χ0) is 19.3. The molecule has 28 heavy (non-hydrogen) atoms. The smallest absolute Gasteiger partial charge is 0.239 e. The summed E-state index contributed by atoms with van der Waals surface area (Å²) in [5, 5.41) is 5.95. The van der Waals surface area contributed by atoms with E-state index in [1.807, 2.05) is 18.2 Å². The summed E-state index contributed by atoms with van der Waals surface area (Å²) in [6.07, 6.45) is 0. The highest BCUT2D eigenvalue weighted by molar-refractivity contribution is 7.13. The van der Waals surface area contributed by atoms with E-state index in [2.05, 4.69) is 32.6 Å². The van der Waals surface area contributed by atoms with E-state index >= 15 is 0 Å². The Morgan fingerprint density at radius 3 is 2.57 bits per heavy atom. The minimum Gasteiger partial charge on any atom is -0.353 e. The number of rotatable bonds is 5. The van der Waals surface area contributed by atoms with E-state index in [9.17, 15) is 9.59 Å². The number of piperazine rings is 2. The lowest BCUT2D eigenvalue weighted by Gasteiger charge is -2.35. The third kappa shape index (κ3) is 4.76. The predicted molar refractivity (Wildman–Crippen MR) is 109 cm³/mol. The predicted octanol–water partition coefficient (Wildman–Crippen LogP) is 0.886. The first-order chi connectivity index (χ1) is 13.7. The molecule has 0 spiro atoms. The molecule has 2 aromatic rings. The quantitative estimate of drug-likeness (QED) is 0.809. The molecule has 148 valence electrons. The maximum Gasteiger partial charge on any atom is 0.239 e. The fourth-order valence-corrected chi connectivity index (χ4v) is 4.39. The molecule has 4 rings (SSSR count). The van der Waals surface area contributed by atoms with Gasteiger partial charge in [0.25, 0.3) is 0 Å². The Hall–Kier alpha value is -2.29. The molecule has 0 bridgehead atoms. The van der Waals surface area contributed by atoms with Crippen LogP contribution in [-0.4, -0.2) is 83.9 Å². The Morgan fingerprint density at radius 2 is 1.82 bits per heavy atom. The van der Waals surface area contributed by atoms with E-state index in [4.69, 9.17) is 4.98 Å². The third-order valence-corrected chi connectivity index (χ3v) is 6.11. The van der Waals surface area contributed by atoms with Gasteiger partial charge in [-0.25, -0.2) is 4.98 Å². The largest absolute Gasteiger partial charge is 0.353 e. The second kappa shape index (κ2) is 8.81.